The molecule has 114 valence electrons. The van der Waals surface area contributed by atoms with Gasteiger partial charge in [-0.25, -0.2) is 0 Å². The molecule has 0 radical (unpaired) electrons. The highest BCUT2D eigenvalue weighted by Gasteiger charge is 2.52. The Labute approximate surface area is 124 Å². The van der Waals surface area contributed by atoms with Crippen molar-refractivity contribution in [3.8, 4) is 0 Å². The molecule has 0 aliphatic carbocycles. The van der Waals surface area contributed by atoms with Crippen molar-refractivity contribution < 1.29 is 22.1 Å². The molecule has 5 nitrogen and oxygen atoms in total. The summed E-state index contributed by atoms with van der Waals surface area (Å²) in [5.41, 5.74) is 1.01. The van der Waals surface area contributed by atoms with Crippen molar-refractivity contribution in [3.63, 3.8) is 0 Å². The summed E-state index contributed by atoms with van der Waals surface area (Å²) in [6.07, 6.45) is 1.93. The van der Waals surface area contributed by atoms with Crippen LogP contribution in [0.15, 0.2) is 29.2 Å². The van der Waals surface area contributed by atoms with Gasteiger partial charge in [-0.2, -0.15) is 8.42 Å². The second-order valence-corrected chi connectivity index (χ2v) is 7.69. The van der Waals surface area contributed by atoms with E-state index in [2.05, 4.69) is 0 Å². The number of hydrogen-bond donors (Lipinski definition) is 0. The molecule has 0 aromatic heterocycles. The average Bonchev–Trinajstić information content (AvgIpc) is 2.64. The zero-order valence-electron chi connectivity index (χ0n) is 11.8. The van der Waals surface area contributed by atoms with Crippen LogP contribution in [-0.4, -0.2) is 38.9 Å². The number of rotatable bonds is 3. The SMILES string of the molecule is Cc1ccc(S(=O)(=O)O[C@H]2C[C@H]3O[C@H]4C[C@@H]2O[C@@H]3C4)cc1. The lowest BCUT2D eigenvalue weighted by atomic mass is 9.90. The topological polar surface area (TPSA) is 61.8 Å². The van der Waals surface area contributed by atoms with Gasteiger partial charge < -0.3 is 9.47 Å². The molecule has 3 aliphatic rings. The molecule has 6 heteroatoms. The Hall–Kier alpha value is -0.950. The van der Waals surface area contributed by atoms with E-state index in [1.165, 1.54) is 0 Å². The highest BCUT2D eigenvalue weighted by atomic mass is 32.2. The molecule has 1 aromatic rings. The van der Waals surface area contributed by atoms with Gasteiger partial charge in [0.1, 0.15) is 6.10 Å². The maximum Gasteiger partial charge on any atom is 0.297 e. The van der Waals surface area contributed by atoms with Gasteiger partial charge in [0.2, 0.25) is 0 Å². The molecule has 3 saturated heterocycles. The third-order valence-corrected chi connectivity index (χ3v) is 5.91. The van der Waals surface area contributed by atoms with Crippen molar-refractivity contribution in [1.82, 2.24) is 0 Å². The van der Waals surface area contributed by atoms with Crippen LogP contribution in [0.25, 0.3) is 0 Å². The minimum Gasteiger partial charge on any atom is -0.372 e. The minimum atomic E-state index is -3.75. The maximum atomic E-state index is 12.4. The Morgan fingerprint density at radius 2 is 1.67 bits per heavy atom. The zero-order valence-corrected chi connectivity index (χ0v) is 12.6. The van der Waals surface area contributed by atoms with Crippen molar-refractivity contribution in [3.05, 3.63) is 29.8 Å². The van der Waals surface area contributed by atoms with Crippen LogP contribution >= 0.6 is 0 Å². The summed E-state index contributed by atoms with van der Waals surface area (Å²) < 4.78 is 41.9. The number of hydrogen-bond acceptors (Lipinski definition) is 5. The van der Waals surface area contributed by atoms with Crippen LogP contribution < -0.4 is 0 Å². The fourth-order valence-corrected chi connectivity index (χ4v) is 4.60. The van der Waals surface area contributed by atoms with Gasteiger partial charge in [0.15, 0.2) is 0 Å². The fraction of sp³-hybridized carbons (Fsp3) is 0.600. The second-order valence-electron chi connectivity index (χ2n) is 6.12. The molecule has 3 bridgehead atoms. The molecule has 0 N–H and O–H groups in total. The Balaban J connectivity index is 1.54. The van der Waals surface area contributed by atoms with E-state index in [4.69, 9.17) is 13.7 Å². The van der Waals surface area contributed by atoms with Crippen LogP contribution in [0.5, 0.6) is 0 Å². The van der Waals surface area contributed by atoms with E-state index in [-0.39, 0.29) is 29.3 Å². The average molecular weight is 310 g/mol. The lowest BCUT2D eigenvalue weighted by Crippen LogP contribution is -2.48. The quantitative estimate of drug-likeness (QED) is 0.797. The lowest BCUT2D eigenvalue weighted by Gasteiger charge is -2.37. The van der Waals surface area contributed by atoms with Gasteiger partial charge in [-0.15, -0.1) is 0 Å². The first-order chi connectivity index (χ1) is 10.0. The monoisotopic (exact) mass is 310 g/mol. The van der Waals surface area contributed by atoms with Crippen LogP contribution in [0.2, 0.25) is 0 Å². The van der Waals surface area contributed by atoms with Crippen molar-refractivity contribution in [2.75, 3.05) is 0 Å². The van der Waals surface area contributed by atoms with E-state index in [1.807, 2.05) is 6.92 Å². The van der Waals surface area contributed by atoms with E-state index in [9.17, 15) is 8.42 Å². The fourth-order valence-electron chi connectivity index (χ4n) is 3.49. The minimum absolute atomic E-state index is 0.0213. The first-order valence-electron chi connectivity index (χ1n) is 7.32. The lowest BCUT2D eigenvalue weighted by molar-refractivity contribution is -0.129. The summed E-state index contributed by atoms with van der Waals surface area (Å²) in [6, 6.07) is 6.69. The second kappa shape index (κ2) is 4.78. The van der Waals surface area contributed by atoms with E-state index in [0.29, 0.717) is 6.42 Å². The smallest absolute Gasteiger partial charge is 0.297 e. The Morgan fingerprint density at radius 3 is 2.43 bits per heavy atom. The highest BCUT2D eigenvalue weighted by Crippen LogP contribution is 2.42. The summed E-state index contributed by atoms with van der Waals surface area (Å²) in [4.78, 5) is 0.194. The highest BCUT2D eigenvalue weighted by molar-refractivity contribution is 7.86. The van der Waals surface area contributed by atoms with Crippen LogP contribution in [0.3, 0.4) is 0 Å². The van der Waals surface area contributed by atoms with E-state index < -0.39 is 16.2 Å². The van der Waals surface area contributed by atoms with Crippen LogP contribution in [0.4, 0.5) is 0 Å². The van der Waals surface area contributed by atoms with Gasteiger partial charge >= 0.3 is 0 Å². The molecule has 5 atom stereocenters. The van der Waals surface area contributed by atoms with Crippen LogP contribution in [0, 0.1) is 6.92 Å². The third-order valence-electron chi connectivity index (χ3n) is 4.56. The maximum absolute atomic E-state index is 12.4. The zero-order chi connectivity index (χ0) is 14.6. The molecule has 0 amide bonds. The Bertz CT molecular complexity index is 637. The molecule has 3 fully saturated rings. The molecule has 0 unspecified atom stereocenters. The standard InChI is InChI=1S/C15H18O5S/c1-9-2-4-11(5-3-9)21(16,17)20-15-8-14-12-6-10(18-14)7-13(15)19-12/h2-5,10,12-15H,6-8H2,1H3/t10-,12-,13+,14-,15+/m1/s1. The van der Waals surface area contributed by atoms with Crippen LogP contribution in [0.1, 0.15) is 24.8 Å². The number of aryl methyl sites for hydroxylation is 1. The summed E-state index contributed by atoms with van der Waals surface area (Å²) in [5.74, 6) is 0. The number of ether oxygens (including phenoxy) is 2. The first-order valence-corrected chi connectivity index (χ1v) is 8.73. The van der Waals surface area contributed by atoms with Crippen molar-refractivity contribution >= 4 is 10.1 Å². The molecule has 3 aliphatic heterocycles. The van der Waals surface area contributed by atoms with Gasteiger partial charge in [0.05, 0.1) is 29.3 Å². The van der Waals surface area contributed by atoms with E-state index >= 15 is 0 Å². The summed E-state index contributed by atoms with van der Waals surface area (Å²) in [5, 5.41) is 0. The summed E-state index contributed by atoms with van der Waals surface area (Å²) in [6.45, 7) is 1.92. The number of benzene rings is 1. The third kappa shape index (κ3) is 2.40. The van der Waals surface area contributed by atoms with Gasteiger partial charge in [-0.05, 0) is 19.1 Å². The molecular formula is C15H18O5S. The largest absolute Gasteiger partial charge is 0.372 e. The summed E-state index contributed by atoms with van der Waals surface area (Å²) >= 11 is 0. The predicted octanol–water partition coefficient (Wildman–Crippen LogP) is 1.79. The predicted molar refractivity (Wildman–Crippen MR) is 74.4 cm³/mol. The first kappa shape index (κ1) is 13.7. The Kier molecular flexibility index (Phi) is 3.11. The summed E-state index contributed by atoms with van der Waals surface area (Å²) in [7, 11) is -3.75. The van der Waals surface area contributed by atoms with Gasteiger partial charge in [0, 0.05) is 19.3 Å². The van der Waals surface area contributed by atoms with Gasteiger partial charge in [-0.3, -0.25) is 4.18 Å². The van der Waals surface area contributed by atoms with E-state index in [1.54, 1.807) is 24.3 Å². The molecule has 1 aromatic carbocycles. The van der Waals surface area contributed by atoms with Crippen LogP contribution in [-0.2, 0) is 23.8 Å². The molecule has 4 rings (SSSR count). The van der Waals surface area contributed by atoms with Gasteiger partial charge in [-0.1, -0.05) is 17.7 Å². The van der Waals surface area contributed by atoms with Crippen molar-refractivity contribution in [2.45, 2.75) is 61.6 Å². The molecule has 0 saturated carbocycles. The molecule has 0 spiro atoms. The van der Waals surface area contributed by atoms with Crippen molar-refractivity contribution in [1.29, 1.82) is 0 Å². The Morgan fingerprint density at radius 1 is 1.00 bits per heavy atom. The molecular weight excluding hydrogens is 292 g/mol. The van der Waals surface area contributed by atoms with Gasteiger partial charge in [0.25, 0.3) is 10.1 Å². The molecule has 21 heavy (non-hydrogen) atoms. The normalized spacial score (nSPS) is 37.9. The van der Waals surface area contributed by atoms with E-state index in [0.717, 1.165) is 18.4 Å². The molecule has 3 heterocycles. The van der Waals surface area contributed by atoms with Crippen molar-refractivity contribution in [2.24, 2.45) is 0 Å². The number of fused-ring (bicyclic) bond motifs is 2.